The molecule has 0 unspecified atom stereocenters. The summed E-state index contributed by atoms with van der Waals surface area (Å²) in [6, 6.07) is 7.11. The van der Waals surface area contributed by atoms with Crippen LogP contribution in [-0.4, -0.2) is 91.7 Å². The van der Waals surface area contributed by atoms with Crippen molar-refractivity contribution in [2.24, 2.45) is 0 Å². The van der Waals surface area contributed by atoms with Crippen LogP contribution in [0.5, 0.6) is 0 Å². The maximum Gasteiger partial charge on any atom is 0.234 e. The highest BCUT2D eigenvalue weighted by Crippen LogP contribution is 2.23. The molecule has 2 aliphatic heterocycles. The van der Waals surface area contributed by atoms with Crippen molar-refractivity contribution in [1.82, 2.24) is 25.4 Å². The molecular formula is C21H34N6O. The zero-order valence-electron chi connectivity index (χ0n) is 16.9. The van der Waals surface area contributed by atoms with E-state index in [4.69, 9.17) is 0 Å². The van der Waals surface area contributed by atoms with Gasteiger partial charge in [0, 0.05) is 70.6 Å². The quantitative estimate of drug-likeness (QED) is 0.770. The Morgan fingerprint density at radius 1 is 1.04 bits per heavy atom. The lowest BCUT2D eigenvalue weighted by Crippen LogP contribution is -2.52. The van der Waals surface area contributed by atoms with Gasteiger partial charge in [-0.1, -0.05) is 6.07 Å². The molecule has 0 atom stereocenters. The fraction of sp³-hybridized carbons (Fsp3) is 0.714. The summed E-state index contributed by atoms with van der Waals surface area (Å²) >= 11 is 0. The summed E-state index contributed by atoms with van der Waals surface area (Å²) < 4.78 is 0. The Kier molecular flexibility index (Phi) is 6.77. The predicted octanol–water partition coefficient (Wildman–Crippen LogP) is 0.536. The minimum atomic E-state index is 0.192. The van der Waals surface area contributed by atoms with Gasteiger partial charge in [-0.05, 0) is 37.8 Å². The topological polar surface area (TPSA) is 63.7 Å². The number of rotatable bonds is 5. The van der Waals surface area contributed by atoms with Crippen LogP contribution in [0.15, 0.2) is 24.4 Å². The van der Waals surface area contributed by atoms with Crippen LogP contribution in [0.1, 0.15) is 25.7 Å². The molecule has 0 bridgehead atoms. The molecule has 4 rings (SSSR count). The molecule has 28 heavy (non-hydrogen) atoms. The summed E-state index contributed by atoms with van der Waals surface area (Å²) in [4.78, 5) is 24.1. The van der Waals surface area contributed by atoms with E-state index in [1.165, 1.54) is 25.9 Å². The summed E-state index contributed by atoms with van der Waals surface area (Å²) in [6.07, 6.45) is 6.51. The van der Waals surface area contributed by atoms with Crippen molar-refractivity contribution in [2.75, 3.05) is 63.8 Å². The van der Waals surface area contributed by atoms with Gasteiger partial charge in [0.2, 0.25) is 5.91 Å². The first kappa shape index (κ1) is 19.6. The maximum absolute atomic E-state index is 12.5. The zero-order chi connectivity index (χ0) is 19.2. The lowest BCUT2D eigenvalue weighted by molar-refractivity contribution is -0.123. The average Bonchev–Trinajstić information content (AvgIpc) is 2.76. The van der Waals surface area contributed by atoms with E-state index in [2.05, 4.69) is 36.4 Å². The number of amides is 1. The first-order valence-electron chi connectivity index (χ1n) is 10.9. The molecule has 2 saturated heterocycles. The average molecular weight is 387 g/mol. The lowest BCUT2D eigenvalue weighted by atomic mass is 9.90. The minimum Gasteiger partial charge on any atom is -0.354 e. The van der Waals surface area contributed by atoms with Gasteiger partial charge < -0.3 is 15.5 Å². The van der Waals surface area contributed by atoms with Crippen molar-refractivity contribution in [1.29, 1.82) is 0 Å². The van der Waals surface area contributed by atoms with E-state index in [0.29, 0.717) is 12.6 Å². The van der Waals surface area contributed by atoms with Crippen LogP contribution in [-0.2, 0) is 4.79 Å². The third-order valence-corrected chi connectivity index (χ3v) is 6.44. The van der Waals surface area contributed by atoms with E-state index >= 15 is 0 Å². The second-order valence-corrected chi connectivity index (χ2v) is 8.31. The van der Waals surface area contributed by atoms with Crippen LogP contribution >= 0.6 is 0 Å². The Morgan fingerprint density at radius 2 is 1.79 bits per heavy atom. The molecule has 1 amide bonds. The number of carbonyl (C=O) groups excluding carboxylic acids is 1. The molecule has 3 aliphatic rings. The Balaban J connectivity index is 1.15. The van der Waals surface area contributed by atoms with Gasteiger partial charge in [0.05, 0.1) is 6.54 Å². The summed E-state index contributed by atoms with van der Waals surface area (Å²) in [7, 11) is 0. The largest absolute Gasteiger partial charge is 0.354 e. The highest BCUT2D eigenvalue weighted by Gasteiger charge is 2.28. The SMILES string of the molecule is O=C(CN1CCN(c2ccccn2)CC1)NC1CCC(N2CCNCC2)CC1. The van der Waals surface area contributed by atoms with Crippen LogP contribution < -0.4 is 15.5 Å². The number of hydrogen-bond acceptors (Lipinski definition) is 6. The number of pyridine rings is 1. The van der Waals surface area contributed by atoms with Crippen molar-refractivity contribution >= 4 is 11.7 Å². The van der Waals surface area contributed by atoms with E-state index in [1.807, 2.05) is 18.3 Å². The van der Waals surface area contributed by atoms with Crippen molar-refractivity contribution in [2.45, 2.75) is 37.8 Å². The van der Waals surface area contributed by atoms with Gasteiger partial charge in [-0.15, -0.1) is 0 Å². The van der Waals surface area contributed by atoms with E-state index in [9.17, 15) is 4.79 Å². The van der Waals surface area contributed by atoms with Gasteiger partial charge in [0.1, 0.15) is 5.82 Å². The van der Waals surface area contributed by atoms with Crippen molar-refractivity contribution in [3.63, 3.8) is 0 Å². The van der Waals surface area contributed by atoms with Crippen molar-refractivity contribution in [3.8, 4) is 0 Å². The zero-order valence-corrected chi connectivity index (χ0v) is 16.9. The Morgan fingerprint density at radius 3 is 2.46 bits per heavy atom. The van der Waals surface area contributed by atoms with Gasteiger partial charge in [-0.3, -0.25) is 14.6 Å². The molecular weight excluding hydrogens is 352 g/mol. The Bertz CT molecular complexity index is 605. The number of aromatic nitrogens is 1. The first-order chi connectivity index (χ1) is 13.8. The lowest BCUT2D eigenvalue weighted by Gasteiger charge is -2.39. The standard InChI is InChI=1S/C21H34N6O/c28-21(17-25-13-15-27(16-14-25)20-3-1-2-8-23-20)24-18-4-6-19(7-5-18)26-11-9-22-10-12-26/h1-3,8,18-19,22H,4-7,9-17H2,(H,24,28). The Labute approximate surface area is 168 Å². The normalized spacial score (nSPS) is 27.5. The molecule has 0 aromatic carbocycles. The van der Waals surface area contributed by atoms with Crippen LogP contribution in [0.3, 0.4) is 0 Å². The second kappa shape index (κ2) is 9.67. The second-order valence-electron chi connectivity index (χ2n) is 8.31. The van der Waals surface area contributed by atoms with E-state index < -0.39 is 0 Å². The smallest absolute Gasteiger partial charge is 0.234 e. The van der Waals surface area contributed by atoms with E-state index in [-0.39, 0.29) is 5.91 Å². The highest BCUT2D eigenvalue weighted by molar-refractivity contribution is 5.78. The van der Waals surface area contributed by atoms with E-state index in [0.717, 1.165) is 64.0 Å². The van der Waals surface area contributed by atoms with Gasteiger partial charge in [0.25, 0.3) is 0 Å². The Hall–Kier alpha value is -1.70. The number of anilines is 1. The van der Waals surface area contributed by atoms with Crippen LogP contribution in [0.2, 0.25) is 0 Å². The number of nitrogens with one attached hydrogen (secondary N) is 2. The molecule has 1 aliphatic carbocycles. The maximum atomic E-state index is 12.5. The van der Waals surface area contributed by atoms with Crippen molar-refractivity contribution in [3.05, 3.63) is 24.4 Å². The fourth-order valence-electron chi connectivity index (χ4n) is 4.78. The molecule has 0 radical (unpaired) electrons. The first-order valence-corrected chi connectivity index (χ1v) is 10.9. The number of hydrogen-bond donors (Lipinski definition) is 2. The summed E-state index contributed by atoms with van der Waals surface area (Å²) in [6.45, 7) is 8.79. The summed E-state index contributed by atoms with van der Waals surface area (Å²) in [5.41, 5.74) is 0. The minimum absolute atomic E-state index is 0.192. The van der Waals surface area contributed by atoms with Gasteiger partial charge in [0.15, 0.2) is 0 Å². The summed E-state index contributed by atoms with van der Waals surface area (Å²) in [5, 5.41) is 6.72. The van der Waals surface area contributed by atoms with Gasteiger partial charge >= 0.3 is 0 Å². The molecule has 1 saturated carbocycles. The summed E-state index contributed by atoms with van der Waals surface area (Å²) in [5.74, 6) is 1.23. The third kappa shape index (κ3) is 5.21. The van der Waals surface area contributed by atoms with E-state index in [1.54, 1.807) is 0 Å². The fourth-order valence-corrected chi connectivity index (χ4v) is 4.78. The number of piperazine rings is 2. The highest BCUT2D eigenvalue weighted by atomic mass is 16.2. The van der Waals surface area contributed by atoms with Crippen LogP contribution in [0.4, 0.5) is 5.82 Å². The monoisotopic (exact) mass is 386 g/mol. The molecule has 1 aromatic heterocycles. The molecule has 3 fully saturated rings. The van der Waals surface area contributed by atoms with Crippen LogP contribution in [0.25, 0.3) is 0 Å². The molecule has 7 nitrogen and oxygen atoms in total. The predicted molar refractivity (Wildman–Crippen MR) is 112 cm³/mol. The molecule has 0 spiro atoms. The number of carbonyl (C=O) groups is 1. The van der Waals surface area contributed by atoms with Gasteiger partial charge in [-0.25, -0.2) is 4.98 Å². The molecule has 7 heteroatoms. The van der Waals surface area contributed by atoms with Gasteiger partial charge in [-0.2, -0.15) is 0 Å². The third-order valence-electron chi connectivity index (χ3n) is 6.44. The van der Waals surface area contributed by atoms with Crippen molar-refractivity contribution < 1.29 is 4.79 Å². The molecule has 3 heterocycles. The molecule has 154 valence electrons. The molecule has 2 N–H and O–H groups in total. The van der Waals surface area contributed by atoms with Crippen LogP contribution in [0, 0.1) is 0 Å². The number of nitrogens with zero attached hydrogens (tertiary/aromatic N) is 4. The molecule has 1 aromatic rings.